The van der Waals surface area contributed by atoms with E-state index in [0.29, 0.717) is 70.9 Å². The predicted octanol–water partition coefficient (Wildman–Crippen LogP) is 8.17. The number of carbonyl (C=O) groups excluding carboxylic acids is 11. The normalized spacial score (nSPS) is 11.3. The lowest BCUT2D eigenvalue weighted by Gasteiger charge is -2.25. The molecule has 7 N–H and O–H groups in total. The van der Waals surface area contributed by atoms with Crippen LogP contribution in [0.5, 0.6) is 0 Å². The third kappa shape index (κ3) is 35.7. The van der Waals surface area contributed by atoms with E-state index in [1.807, 2.05) is 24.3 Å². The minimum Gasteiger partial charge on any atom is -0.449 e. The van der Waals surface area contributed by atoms with Crippen LogP contribution in [0.2, 0.25) is 0 Å². The Morgan fingerprint density at radius 1 is 0.337 bits per heavy atom. The SMILES string of the molecule is CCCCCCC(=O)N(CCNC(=O)CN(CCNC(=O)CN(CCNC(=O)CN(CCNC(=O)CCCCCNC(=O)CCCCCNC(=O)OCC1c2ccccc2-c2ccccc21)C(=O)CCCCCC)C(=O)CCCCCC)C(=O)CCCCCC)CC(=O)NC. The third-order valence-electron chi connectivity index (χ3n) is 16.9. The molecule has 0 saturated carbocycles. The molecule has 0 unspecified atom stereocenters. The van der Waals surface area contributed by atoms with E-state index in [1.54, 1.807) is 0 Å². The highest BCUT2D eigenvalue weighted by atomic mass is 16.5. The van der Waals surface area contributed by atoms with Crippen molar-refractivity contribution in [2.24, 2.45) is 0 Å². The number of likely N-dealkylation sites (N-methyl/N-ethyl adjacent to an activating group) is 1. The molecule has 0 atom stereocenters. The van der Waals surface area contributed by atoms with Gasteiger partial charge in [-0.2, -0.15) is 0 Å². The Bertz CT molecular complexity index is 2590. The second kappa shape index (κ2) is 50.8. The van der Waals surface area contributed by atoms with Gasteiger partial charge in [0.2, 0.25) is 59.1 Å². The Balaban J connectivity index is 1.41. The summed E-state index contributed by atoms with van der Waals surface area (Å²) in [5.74, 6) is -2.86. The average molecular weight is 1330 g/mol. The number of unbranched alkanes of at least 4 members (excludes halogenated alkanes) is 16. The van der Waals surface area contributed by atoms with Gasteiger partial charge in [-0.3, -0.25) is 47.9 Å². The van der Waals surface area contributed by atoms with E-state index < -0.39 is 23.8 Å². The van der Waals surface area contributed by atoms with Crippen LogP contribution in [0, 0.1) is 0 Å². The largest absolute Gasteiger partial charge is 0.449 e. The van der Waals surface area contributed by atoms with Gasteiger partial charge in [0, 0.05) is 117 Å². The molecule has 0 spiro atoms. The number of rotatable bonds is 54. The summed E-state index contributed by atoms with van der Waals surface area (Å²) >= 11 is 0. The van der Waals surface area contributed by atoms with Crippen molar-refractivity contribution >= 4 is 65.2 Å². The Morgan fingerprint density at radius 3 is 0.979 bits per heavy atom. The van der Waals surface area contributed by atoms with E-state index in [9.17, 15) is 52.7 Å². The fourth-order valence-electron chi connectivity index (χ4n) is 11.3. The summed E-state index contributed by atoms with van der Waals surface area (Å²) in [4.78, 5) is 150. The fraction of sp³-hybridized carbons (Fsp3) is 0.681. The maximum Gasteiger partial charge on any atom is 0.407 e. The van der Waals surface area contributed by atoms with Crippen LogP contribution in [-0.2, 0) is 52.7 Å². The number of fused-ring (bicyclic) bond motifs is 3. The maximum atomic E-state index is 13.6. The number of nitrogens with zero attached hydrogens (tertiary/aromatic N) is 4. The van der Waals surface area contributed by atoms with E-state index in [2.05, 4.69) is 89.2 Å². The van der Waals surface area contributed by atoms with Gasteiger partial charge in [0.25, 0.3) is 0 Å². The lowest BCUT2D eigenvalue weighted by molar-refractivity contribution is -0.137. The van der Waals surface area contributed by atoms with Gasteiger partial charge in [0.05, 0.1) is 26.2 Å². The molecule has 1 aliphatic rings. The molecule has 0 aliphatic heterocycles. The van der Waals surface area contributed by atoms with Crippen LogP contribution >= 0.6 is 0 Å². The molecule has 0 radical (unpaired) electrons. The summed E-state index contributed by atoms with van der Waals surface area (Å²) in [6.07, 6.45) is 19.3. The Kier molecular flexibility index (Phi) is 43.6. The number of ether oxygens (including phenoxy) is 1. The van der Waals surface area contributed by atoms with Crippen LogP contribution in [0.1, 0.15) is 225 Å². The van der Waals surface area contributed by atoms with Crippen LogP contribution < -0.4 is 37.2 Å². The van der Waals surface area contributed by atoms with Crippen LogP contribution in [0.15, 0.2) is 48.5 Å². The zero-order chi connectivity index (χ0) is 69.3. The molecule has 0 aromatic heterocycles. The van der Waals surface area contributed by atoms with Gasteiger partial charge in [0.1, 0.15) is 6.61 Å². The van der Waals surface area contributed by atoms with Gasteiger partial charge in [-0.15, -0.1) is 0 Å². The molecular formula is C72H117N11O12. The monoisotopic (exact) mass is 1330 g/mol. The molecule has 95 heavy (non-hydrogen) atoms. The minimum absolute atomic E-state index is 0.00144. The molecule has 0 bridgehead atoms. The number of nitrogens with one attached hydrogen (secondary N) is 7. The summed E-state index contributed by atoms with van der Waals surface area (Å²) < 4.78 is 5.62. The van der Waals surface area contributed by atoms with E-state index >= 15 is 0 Å². The summed E-state index contributed by atoms with van der Waals surface area (Å²) in [7, 11) is 1.49. The standard InChI is InChI=1S/C72H117N11O12/c1-6-10-14-22-38-68(90)80(52-64(86)73-5)49-45-76-66(88)54-82(70(92)40-24-16-12-8-3)51-47-78-67(89)55-83(71(93)41-25-17-13-9-4)50-46-77-65(87)53-81(69(91)39-23-15-11-7-2)48-44-75-63(85)37-20-18-30-42-74-62(84)36-21-19-31-43-79-72(94)95-56-61-59-34-28-26-32-57(59)58-33-27-29-35-60(58)61/h26-29,32-35,61H,6-25,30-31,36-56H2,1-5H3,(H,73,86)(H,74,84)(H,75,85)(H,76,88)(H,77,87)(H,78,89)(H,79,94). The smallest absolute Gasteiger partial charge is 0.407 e. The Labute approximate surface area is 566 Å². The molecule has 0 saturated heterocycles. The van der Waals surface area contributed by atoms with Gasteiger partial charge in [-0.25, -0.2) is 4.79 Å². The van der Waals surface area contributed by atoms with Crippen LogP contribution in [0.25, 0.3) is 11.1 Å². The van der Waals surface area contributed by atoms with Gasteiger partial charge in [-0.1, -0.05) is 166 Å². The van der Waals surface area contributed by atoms with E-state index in [4.69, 9.17) is 4.74 Å². The summed E-state index contributed by atoms with van der Waals surface area (Å²) in [5, 5.41) is 19.6. The first kappa shape index (κ1) is 81.6. The number of benzene rings is 2. The van der Waals surface area contributed by atoms with Crippen molar-refractivity contribution in [3.8, 4) is 11.1 Å². The molecule has 0 fully saturated rings. The lowest BCUT2D eigenvalue weighted by Crippen LogP contribution is -2.48. The van der Waals surface area contributed by atoms with Crippen molar-refractivity contribution < 1.29 is 57.5 Å². The summed E-state index contributed by atoms with van der Waals surface area (Å²) in [6, 6.07) is 16.4. The van der Waals surface area contributed by atoms with Gasteiger partial charge in [0.15, 0.2) is 0 Å². The quantitative estimate of drug-likeness (QED) is 0.0309. The number of alkyl carbamates (subject to hydrolysis) is 1. The van der Waals surface area contributed by atoms with Crippen LogP contribution in [0.3, 0.4) is 0 Å². The molecule has 23 nitrogen and oxygen atoms in total. The van der Waals surface area contributed by atoms with Crippen molar-refractivity contribution in [1.29, 1.82) is 0 Å². The van der Waals surface area contributed by atoms with Crippen molar-refractivity contribution in [2.45, 2.75) is 213 Å². The highest BCUT2D eigenvalue weighted by molar-refractivity contribution is 5.88. The van der Waals surface area contributed by atoms with Crippen LogP contribution in [-0.4, -0.2) is 190 Å². The number of amides is 11. The van der Waals surface area contributed by atoms with Gasteiger partial charge >= 0.3 is 6.09 Å². The molecule has 532 valence electrons. The molecule has 3 rings (SSSR count). The first-order chi connectivity index (χ1) is 46.0. The van der Waals surface area contributed by atoms with Crippen molar-refractivity contribution in [1.82, 2.24) is 56.8 Å². The van der Waals surface area contributed by atoms with Crippen molar-refractivity contribution in [3.05, 3.63) is 59.7 Å². The highest BCUT2D eigenvalue weighted by Gasteiger charge is 2.29. The Morgan fingerprint density at radius 2 is 0.632 bits per heavy atom. The number of hydrogen-bond donors (Lipinski definition) is 7. The lowest BCUT2D eigenvalue weighted by atomic mass is 9.98. The van der Waals surface area contributed by atoms with Gasteiger partial charge < -0.3 is 61.6 Å². The average Bonchev–Trinajstić information content (AvgIpc) is 1.64. The number of carbonyl (C=O) groups is 11. The highest BCUT2D eigenvalue weighted by Crippen LogP contribution is 2.44. The van der Waals surface area contributed by atoms with Crippen molar-refractivity contribution in [3.63, 3.8) is 0 Å². The second-order valence-corrected chi connectivity index (χ2v) is 24.8. The van der Waals surface area contributed by atoms with E-state index in [0.717, 1.165) is 107 Å². The summed E-state index contributed by atoms with van der Waals surface area (Å²) in [6.45, 7) is 8.98. The Hall–Kier alpha value is -7.59. The van der Waals surface area contributed by atoms with E-state index in [1.165, 1.54) is 37.8 Å². The van der Waals surface area contributed by atoms with Crippen LogP contribution in [0.4, 0.5) is 4.79 Å². The van der Waals surface area contributed by atoms with Crippen molar-refractivity contribution in [2.75, 3.05) is 105 Å². The first-order valence-electron chi connectivity index (χ1n) is 35.8. The van der Waals surface area contributed by atoms with E-state index in [-0.39, 0.29) is 158 Å². The molecule has 23 heteroatoms. The molecule has 1 aliphatic carbocycles. The molecule has 11 amide bonds. The molecule has 2 aromatic carbocycles. The zero-order valence-electron chi connectivity index (χ0n) is 58.3. The molecular weight excluding hydrogens is 1210 g/mol. The molecule has 0 heterocycles. The topological polar surface area (TPSA) is 294 Å². The third-order valence-corrected chi connectivity index (χ3v) is 16.9. The first-order valence-corrected chi connectivity index (χ1v) is 35.8. The summed E-state index contributed by atoms with van der Waals surface area (Å²) in [5.41, 5.74) is 4.66. The minimum atomic E-state index is -0.486. The second-order valence-electron chi connectivity index (χ2n) is 24.8. The fourth-order valence-corrected chi connectivity index (χ4v) is 11.3. The van der Waals surface area contributed by atoms with Gasteiger partial charge in [-0.05, 0) is 73.6 Å². The predicted molar refractivity (Wildman–Crippen MR) is 370 cm³/mol. The maximum absolute atomic E-state index is 13.6. The number of hydrogen-bond acceptors (Lipinski definition) is 12. The molecule has 2 aromatic rings. The zero-order valence-corrected chi connectivity index (χ0v) is 58.3.